The molecule has 7 heteroatoms. The molecule has 0 spiro atoms. The van der Waals surface area contributed by atoms with Crippen LogP contribution in [0.5, 0.6) is 0 Å². The molecule has 0 aromatic heterocycles. The zero-order valence-corrected chi connectivity index (χ0v) is 14.0. The summed E-state index contributed by atoms with van der Waals surface area (Å²) < 4.78 is 23.9. The quantitative estimate of drug-likeness (QED) is 0.724. The van der Waals surface area contributed by atoms with Gasteiger partial charge in [0.05, 0.1) is 16.3 Å². The smallest absolute Gasteiger partial charge is 0.238 e. The predicted octanol–water partition coefficient (Wildman–Crippen LogP) is 3.04. The molecule has 0 bridgehead atoms. The van der Waals surface area contributed by atoms with Gasteiger partial charge in [0, 0.05) is 10.2 Å². The molecule has 0 aliphatic rings. The molecular formula is C14H16BrN3O2S. The molecule has 2 aromatic rings. The van der Waals surface area contributed by atoms with Crippen molar-refractivity contribution >= 4 is 43.0 Å². The number of nitrogens with one attached hydrogen (secondary N) is 1. The lowest BCUT2D eigenvalue weighted by molar-refractivity contribution is 0.598. The van der Waals surface area contributed by atoms with E-state index < -0.39 is 10.0 Å². The molecule has 5 N–H and O–H groups in total. The lowest BCUT2D eigenvalue weighted by Gasteiger charge is -2.13. The molecule has 0 heterocycles. The summed E-state index contributed by atoms with van der Waals surface area (Å²) in [6.07, 6.45) is 0. The summed E-state index contributed by atoms with van der Waals surface area (Å²) >= 11 is 3.50. The number of nitrogens with two attached hydrogens (primary N) is 2. The van der Waals surface area contributed by atoms with Crippen molar-refractivity contribution in [3.8, 4) is 0 Å². The van der Waals surface area contributed by atoms with Crippen molar-refractivity contribution in [2.75, 3.05) is 11.1 Å². The van der Waals surface area contributed by atoms with Crippen molar-refractivity contribution in [3.63, 3.8) is 0 Å². The third kappa shape index (κ3) is 3.55. The Bertz CT molecular complexity index is 781. The Hall–Kier alpha value is -1.57. The Morgan fingerprint density at radius 1 is 1.10 bits per heavy atom. The molecule has 0 fully saturated rings. The monoisotopic (exact) mass is 369 g/mol. The van der Waals surface area contributed by atoms with Crippen LogP contribution in [0.25, 0.3) is 0 Å². The number of sulfonamides is 1. The Balaban J connectivity index is 2.44. The fourth-order valence-corrected chi connectivity index (χ4v) is 2.76. The van der Waals surface area contributed by atoms with E-state index in [1.165, 1.54) is 18.2 Å². The number of hydrogen-bond donors (Lipinski definition) is 3. The topological polar surface area (TPSA) is 98.2 Å². The Morgan fingerprint density at radius 2 is 1.67 bits per heavy atom. The summed E-state index contributed by atoms with van der Waals surface area (Å²) in [6.45, 7) is 3.96. The number of nitrogen functional groups attached to an aromatic ring is 1. The number of aryl methyl sites for hydroxylation is 2. The third-order valence-corrected chi connectivity index (χ3v) is 5.23. The number of anilines is 3. The summed E-state index contributed by atoms with van der Waals surface area (Å²) in [5, 5.41) is 8.26. The Morgan fingerprint density at radius 3 is 2.19 bits per heavy atom. The van der Waals surface area contributed by atoms with Crippen LogP contribution in [0, 0.1) is 13.8 Å². The molecule has 21 heavy (non-hydrogen) atoms. The molecule has 2 rings (SSSR count). The minimum Gasteiger partial charge on any atom is -0.397 e. The van der Waals surface area contributed by atoms with Crippen LogP contribution < -0.4 is 16.2 Å². The van der Waals surface area contributed by atoms with E-state index in [0.29, 0.717) is 11.4 Å². The fourth-order valence-electron chi connectivity index (χ4n) is 1.99. The van der Waals surface area contributed by atoms with Crippen molar-refractivity contribution in [3.05, 3.63) is 45.9 Å². The second-order valence-corrected chi connectivity index (χ2v) is 7.20. The van der Waals surface area contributed by atoms with Gasteiger partial charge in [0.25, 0.3) is 0 Å². The maximum absolute atomic E-state index is 11.4. The standard InChI is InChI=1S/C14H16BrN3O2S/c1-8-5-10(6-9(2)14(8)15)18-13-7-11(21(17,19)20)3-4-12(13)16/h3-7,18H,16H2,1-2H3,(H2,17,19,20). The van der Waals surface area contributed by atoms with Gasteiger partial charge in [-0.2, -0.15) is 0 Å². The predicted molar refractivity (Wildman–Crippen MR) is 89.1 cm³/mol. The van der Waals surface area contributed by atoms with E-state index >= 15 is 0 Å². The van der Waals surface area contributed by atoms with Crippen LogP contribution >= 0.6 is 15.9 Å². The molecule has 0 aliphatic heterocycles. The van der Waals surface area contributed by atoms with Crippen molar-refractivity contribution in [1.29, 1.82) is 0 Å². The van der Waals surface area contributed by atoms with Gasteiger partial charge in [-0.15, -0.1) is 0 Å². The molecule has 0 atom stereocenters. The molecule has 0 aliphatic carbocycles. The minimum atomic E-state index is -3.76. The number of primary sulfonamides is 1. The van der Waals surface area contributed by atoms with Crippen LogP contribution in [0.15, 0.2) is 39.7 Å². The second-order valence-electron chi connectivity index (χ2n) is 4.84. The van der Waals surface area contributed by atoms with Crippen LogP contribution in [0.3, 0.4) is 0 Å². The lowest BCUT2D eigenvalue weighted by Crippen LogP contribution is -2.12. The van der Waals surface area contributed by atoms with E-state index in [1.54, 1.807) is 0 Å². The van der Waals surface area contributed by atoms with E-state index in [0.717, 1.165) is 21.3 Å². The van der Waals surface area contributed by atoms with Crippen LogP contribution in [0.1, 0.15) is 11.1 Å². The van der Waals surface area contributed by atoms with Crippen LogP contribution in [0.4, 0.5) is 17.1 Å². The average Bonchev–Trinajstić information content (AvgIpc) is 2.37. The first-order chi connectivity index (χ1) is 9.68. The summed E-state index contributed by atoms with van der Waals surface area (Å²) in [4.78, 5) is 0.0183. The van der Waals surface area contributed by atoms with Crippen LogP contribution in [-0.4, -0.2) is 8.42 Å². The number of rotatable bonds is 3. The first-order valence-corrected chi connectivity index (χ1v) is 8.48. The van der Waals surface area contributed by atoms with Gasteiger partial charge in [0.2, 0.25) is 10.0 Å². The second kappa shape index (κ2) is 5.67. The molecular weight excluding hydrogens is 354 g/mol. The summed E-state index contributed by atoms with van der Waals surface area (Å²) in [5.74, 6) is 0. The van der Waals surface area contributed by atoms with Gasteiger partial charge >= 0.3 is 0 Å². The normalized spacial score (nSPS) is 11.4. The summed E-state index contributed by atoms with van der Waals surface area (Å²) in [5.41, 5.74) is 9.79. The Labute approximate surface area is 132 Å². The number of hydrogen-bond acceptors (Lipinski definition) is 4. The van der Waals surface area contributed by atoms with Gasteiger partial charge in [0.1, 0.15) is 0 Å². The minimum absolute atomic E-state index is 0.0183. The maximum Gasteiger partial charge on any atom is 0.238 e. The highest BCUT2D eigenvalue weighted by Crippen LogP contribution is 2.30. The molecule has 5 nitrogen and oxygen atoms in total. The fraction of sp³-hybridized carbons (Fsp3) is 0.143. The summed E-state index contributed by atoms with van der Waals surface area (Å²) in [6, 6.07) is 8.21. The molecule has 0 saturated carbocycles. The van der Waals surface area contributed by atoms with Crippen molar-refractivity contribution in [2.24, 2.45) is 5.14 Å². The van der Waals surface area contributed by atoms with Crippen LogP contribution in [0.2, 0.25) is 0 Å². The zero-order chi connectivity index (χ0) is 15.8. The molecule has 0 saturated heterocycles. The maximum atomic E-state index is 11.4. The summed E-state index contributed by atoms with van der Waals surface area (Å²) in [7, 11) is -3.76. The van der Waals surface area contributed by atoms with E-state index in [4.69, 9.17) is 10.9 Å². The Kier molecular flexibility index (Phi) is 4.27. The highest BCUT2D eigenvalue weighted by molar-refractivity contribution is 9.10. The zero-order valence-electron chi connectivity index (χ0n) is 11.6. The number of halogens is 1. The first kappa shape index (κ1) is 15.8. The van der Waals surface area contributed by atoms with Crippen molar-refractivity contribution in [2.45, 2.75) is 18.7 Å². The van der Waals surface area contributed by atoms with E-state index in [9.17, 15) is 8.42 Å². The van der Waals surface area contributed by atoms with Gasteiger partial charge in [0.15, 0.2) is 0 Å². The van der Waals surface area contributed by atoms with Crippen LogP contribution in [-0.2, 0) is 10.0 Å². The van der Waals surface area contributed by atoms with Crippen molar-refractivity contribution < 1.29 is 8.42 Å². The van der Waals surface area contributed by atoms with Crippen molar-refractivity contribution in [1.82, 2.24) is 0 Å². The molecule has 0 radical (unpaired) electrons. The van der Waals surface area contributed by atoms with Gasteiger partial charge in [-0.05, 0) is 55.3 Å². The molecule has 0 unspecified atom stereocenters. The van der Waals surface area contributed by atoms with Gasteiger partial charge in [-0.3, -0.25) is 0 Å². The molecule has 112 valence electrons. The average molecular weight is 370 g/mol. The van der Waals surface area contributed by atoms with Gasteiger partial charge in [-0.25, -0.2) is 13.6 Å². The van der Waals surface area contributed by atoms with E-state index in [-0.39, 0.29) is 4.90 Å². The number of benzene rings is 2. The largest absolute Gasteiger partial charge is 0.397 e. The lowest BCUT2D eigenvalue weighted by atomic mass is 10.1. The van der Waals surface area contributed by atoms with E-state index in [2.05, 4.69) is 21.2 Å². The third-order valence-electron chi connectivity index (χ3n) is 3.07. The van der Waals surface area contributed by atoms with Gasteiger partial charge < -0.3 is 11.1 Å². The highest BCUT2D eigenvalue weighted by atomic mass is 79.9. The molecule has 0 amide bonds. The highest BCUT2D eigenvalue weighted by Gasteiger charge is 2.11. The van der Waals surface area contributed by atoms with Gasteiger partial charge in [-0.1, -0.05) is 15.9 Å². The molecule has 2 aromatic carbocycles. The first-order valence-electron chi connectivity index (χ1n) is 6.14. The SMILES string of the molecule is Cc1cc(Nc2cc(S(N)(=O)=O)ccc2N)cc(C)c1Br. The van der Waals surface area contributed by atoms with E-state index in [1.807, 2.05) is 26.0 Å².